The van der Waals surface area contributed by atoms with E-state index in [0.717, 1.165) is 41.8 Å². The van der Waals surface area contributed by atoms with E-state index in [9.17, 15) is 4.79 Å². The number of carbonyl (C=O) groups is 1. The number of benzene rings is 2. The second-order valence-corrected chi connectivity index (χ2v) is 7.17. The molecule has 3 nitrogen and oxygen atoms in total. The van der Waals surface area contributed by atoms with Crippen molar-refractivity contribution >= 4 is 11.6 Å². The lowest BCUT2D eigenvalue weighted by Crippen LogP contribution is -2.29. The molecule has 0 saturated carbocycles. The van der Waals surface area contributed by atoms with Crippen LogP contribution in [0.4, 0.5) is 0 Å². The minimum absolute atomic E-state index is 0.134. The molecule has 0 unspecified atom stereocenters. The third-order valence-corrected chi connectivity index (χ3v) is 5.80. The van der Waals surface area contributed by atoms with Gasteiger partial charge in [0.1, 0.15) is 5.75 Å². The molecule has 1 atom stereocenters. The van der Waals surface area contributed by atoms with E-state index in [0.29, 0.717) is 0 Å². The van der Waals surface area contributed by atoms with Crippen molar-refractivity contribution in [1.29, 1.82) is 0 Å². The van der Waals surface area contributed by atoms with Crippen molar-refractivity contribution in [1.82, 2.24) is 4.90 Å². The van der Waals surface area contributed by atoms with Gasteiger partial charge in [-0.15, -0.1) is 0 Å². The van der Waals surface area contributed by atoms with Crippen molar-refractivity contribution in [2.24, 2.45) is 0 Å². The van der Waals surface area contributed by atoms with Crippen molar-refractivity contribution in [2.45, 2.75) is 31.6 Å². The number of fused-ring (bicyclic) bond motifs is 4. The van der Waals surface area contributed by atoms with Gasteiger partial charge in [0.25, 0.3) is 5.91 Å². The molecule has 2 aliphatic heterocycles. The molecule has 2 aromatic carbocycles. The summed E-state index contributed by atoms with van der Waals surface area (Å²) in [6.07, 6.45) is 6.69. The number of hydrogen-bond donors (Lipinski definition) is 0. The van der Waals surface area contributed by atoms with Crippen LogP contribution in [0.15, 0.2) is 65.9 Å². The van der Waals surface area contributed by atoms with Crippen LogP contribution in [0.2, 0.25) is 0 Å². The summed E-state index contributed by atoms with van der Waals surface area (Å²) < 4.78 is 5.31. The Balaban J connectivity index is 1.67. The van der Waals surface area contributed by atoms with Crippen LogP contribution >= 0.6 is 0 Å². The fourth-order valence-electron chi connectivity index (χ4n) is 4.55. The summed E-state index contributed by atoms with van der Waals surface area (Å²) in [4.78, 5) is 15.0. The van der Waals surface area contributed by atoms with E-state index >= 15 is 0 Å². The Hall–Kier alpha value is -2.81. The molecule has 130 valence electrons. The average molecular weight is 343 g/mol. The fourth-order valence-corrected chi connectivity index (χ4v) is 4.55. The lowest BCUT2D eigenvalue weighted by Gasteiger charge is -2.36. The number of amides is 1. The fraction of sp³-hybridized carbons (Fsp3) is 0.261. The summed E-state index contributed by atoms with van der Waals surface area (Å²) >= 11 is 0. The lowest BCUT2D eigenvalue weighted by molar-refractivity contribution is 0.0872. The Labute approximate surface area is 153 Å². The Morgan fingerprint density at radius 3 is 2.46 bits per heavy atom. The average Bonchev–Trinajstić information content (AvgIpc) is 3.00. The molecule has 26 heavy (non-hydrogen) atoms. The van der Waals surface area contributed by atoms with Crippen LogP contribution in [0.25, 0.3) is 5.70 Å². The largest absolute Gasteiger partial charge is 0.497 e. The first-order valence-electron chi connectivity index (χ1n) is 9.29. The number of ether oxygens (including phenoxy) is 1. The summed E-state index contributed by atoms with van der Waals surface area (Å²) in [6, 6.07) is 16.3. The van der Waals surface area contributed by atoms with E-state index in [1.807, 2.05) is 35.2 Å². The van der Waals surface area contributed by atoms with Crippen LogP contribution in [-0.4, -0.2) is 17.9 Å². The van der Waals surface area contributed by atoms with Gasteiger partial charge in [-0.05, 0) is 61.1 Å². The topological polar surface area (TPSA) is 29.5 Å². The highest BCUT2D eigenvalue weighted by Gasteiger charge is 2.40. The van der Waals surface area contributed by atoms with Crippen molar-refractivity contribution in [3.05, 3.63) is 82.6 Å². The van der Waals surface area contributed by atoms with Gasteiger partial charge in [-0.25, -0.2) is 0 Å². The van der Waals surface area contributed by atoms with Gasteiger partial charge < -0.3 is 4.74 Å². The normalized spacial score (nSPS) is 21.1. The first-order valence-corrected chi connectivity index (χ1v) is 9.29. The van der Waals surface area contributed by atoms with E-state index in [-0.39, 0.29) is 11.8 Å². The second-order valence-electron chi connectivity index (χ2n) is 7.17. The molecule has 5 rings (SSSR count). The Bertz CT molecular complexity index is 952. The standard InChI is InChI=1S/C23H21NO2/c1-26-16-12-10-15(11-13-16)20-14-22-17-6-2-3-8-19(17)23(25)24(22)21-9-5-4-7-18(20)21/h2-3,6,8,10-14,20H,4-5,7,9H2,1H3/t20-/m1/s1. The first kappa shape index (κ1) is 15.4. The molecule has 0 N–H and O–H groups in total. The van der Waals surface area contributed by atoms with Gasteiger partial charge in [-0.1, -0.05) is 30.3 Å². The maximum atomic E-state index is 13.0. The van der Waals surface area contributed by atoms with E-state index in [4.69, 9.17) is 4.74 Å². The molecule has 0 saturated heterocycles. The monoisotopic (exact) mass is 343 g/mol. The van der Waals surface area contributed by atoms with Crippen molar-refractivity contribution in [3.63, 3.8) is 0 Å². The van der Waals surface area contributed by atoms with Crippen molar-refractivity contribution in [2.75, 3.05) is 7.11 Å². The Morgan fingerprint density at radius 2 is 1.69 bits per heavy atom. The van der Waals surface area contributed by atoms with Gasteiger partial charge in [0, 0.05) is 22.7 Å². The molecule has 3 aliphatic rings. The molecule has 2 heterocycles. The molecule has 0 bridgehead atoms. The number of allylic oxidation sites excluding steroid dienone is 3. The number of carbonyl (C=O) groups excluding carboxylic acids is 1. The van der Waals surface area contributed by atoms with E-state index in [1.54, 1.807) is 7.11 Å². The molecule has 0 radical (unpaired) electrons. The lowest BCUT2D eigenvalue weighted by atomic mass is 9.79. The third-order valence-electron chi connectivity index (χ3n) is 5.80. The predicted octanol–water partition coefficient (Wildman–Crippen LogP) is 5.12. The van der Waals surface area contributed by atoms with Gasteiger partial charge in [-0.2, -0.15) is 0 Å². The number of hydrogen-bond acceptors (Lipinski definition) is 2. The van der Waals surface area contributed by atoms with E-state index in [1.165, 1.54) is 23.3 Å². The third kappa shape index (κ3) is 2.16. The number of methoxy groups -OCH3 is 1. The molecule has 1 amide bonds. The predicted molar refractivity (Wildman–Crippen MR) is 102 cm³/mol. The van der Waals surface area contributed by atoms with Gasteiger partial charge in [0.05, 0.1) is 12.8 Å². The molecular weight excluding hydrogens is 322 g/mol. The van der Waals surface area contributed by atoms with Gasteiger partial charge >= 0.3 is 0 Å². The van der Waals surface area contributed by atoms with Crippen LogP contribution < -0.4 is 4.74 Å². The maximum absolute atomic E-state index is 13.0. The smallest absolute Gasteiger partial charge is 0.263 e. The van der Waals surface area contributed by atoms with Crippen molar-refractivity contribution < 1.29 is 9.53 Å². The van der Waals surface area contributed by atoms with Crippen LogP contribution in [-0.2, 0) is 0 Å². The van der Waals surface area contributed by atoms with Crippen LogP contribution in [0.1, 0.15) is 53.1 Å². The van der Waals surface area contributed by atoms with E-state index < -0.39 is 0 Å². The van der Waals surface area contributed by atoms with Crippen LogP contribution in [0, 0.1) is 0 Å². The number of rotatable bonds is 2. The molecule has 0 spiro atoms. The molecule has 0 aromatic heterocycles. The summed E-state index contributed by atoms with van der Waals surface area (Å²) in [5.74, 6) is 1.24. The Morgan fingerprint density at radius 1 is 0.962 bits per heavy atom. The van der Waals surface area contributed by atoms with E-state index in [2.05, 4.69) is 24.3 Å². The quantitative estimate of drug-likeness (QED) is 0.758. The second kappa shape index (κ2) is 5.87. The zero-order valence-electron chi connectivity index (χ0n) is 14.9. The zero-order valence-corrected chi connectivity index (χ0v) is 14.9. The van der Waals surface area contributed by atoms with Crippen molar-refractivity contribution in [3.8, 4) is 5.75 Å². The SMILES string of the molecule is COc1ccc([C@H]2C=C3c4ccccc4C(=O)N3C3=C2CCCC3)cc1. The molecule has 2 aromatic rings. The highest BCUT2D eigenvalue weighted by Crippen LogP contribution is 2.49. The summed E-state index contributed by atoms with van der Waals surface area (Å²) in [7, 11) is 1.69. The maximum Gasteiger partial charge on any atom is 0.263 e. The summed E-state index contributed by atoms with van der Waals surface area (Å²) in [5.41, 5.74) is 6.86. The van der Waals surface area contributed by atoms with Crippen LogP contribution in [0.5, 0.6) is 5.75 Å². The van der Waals surface area contributed by atoms with Gasteiger partial charge in [-0.3, -0.25) is 9.69 Å². The van der Waals surface area contributed by atoms with Gasteiger partial charge in [0.15, 0.2) is 0 Å². The highest BCUT2D eigenvalue weighted by atomic mass is 16.5. The zero-order chi connectivity index (χ0) is 17.7. The molecule has 3 heteroatoms. The minimum Gasteiger partial charge on any atom is -0.497 e. The molecule has 1 aliphatic carbocycles. The first-order chi connectivity index (χ1) is 12.8. The highest BCUT2D eigenvalue weighted by molar-refractivity contribution is 6.11. The Kier molecular flexibility index (Phi) is 3.49. The minimum atomic E-state index is 0.134. The molecular formula is C23H21NO2. The summed E-state index contributed by atoms with van der Waals surface area (Å²) in [6.45, 7) is 0. The number of nitrogens with zero attached hydrogens (tertiary/aromatic N) is 1. The van der Waals surface area contributed by atoms with Gasteiger partial charge in [0.2, 0.25) is 0 Å². The summed E-state index contributed by atoms with van der Waals surface area (Å²) in [5, 5.41) is 0. The molecule has 0 fully saturated rings. The van der Waals surface area contributed by atoms with Crippen LogP contribution in [0.3, 0.4) is 0 Å².